The highest BCUT2D eigenvalue weighted by atomic mass is 32.2. The first-order chi connectivity index (χ1) is 12.4. The maximum atomic E-state index is 12.3. The first-order valence-electron chi connectivity index (χ1n) is 8.99. The molecule has 0 bridgehead atoms. The third-order valence-electron chi connectivity index (χ3n) is 5.59. The molecule has 2 saturated carbocycles. The van der Waals surface area contributed by atoms with Crippen LogP contribution >= 0.6 is 0 Å². The largest absolute Gasteiger partial charge is 0.378 e. The molecule has 0 aromatic heterocycles. The molecule has 0 saturated heterocycles. The van der Waals surface area contributed by atoms with Crippen molar-refractivity contribution in [3.05, 3.63) is 35.4 Å². The Kier molecular flexibility index (Phi) is 5.35. The van der Waals surface area contributed by atoms with E-state index >= 15 is 0 Å². The predicted octanol–water partition coefficient (Wildman–Crippen LogP) is 1.94. The fraction of sp³-hybridized carbons (Fsp3) is 0.579. The van der Waals surface area contributed by atoms with Gasteiger partial charge in [-0.1, -0.05) is 18.6 Å². The lowest BCUT2D eigenvalue weighted by molar-refractivity contribution is -0.175. The molecule has 2 atom stereocenters. The molecule has 26 heavy (non-hydrogen) atoms. The highest BCUT2D eigenvalue weighted by molar-refractivity contribution is 7.91. The Balaban J connectivity index is 1.55. The van der Waals surface area contributed by atoms with Crippen LogP contribution in [0.3, 0.4) is 0 Å². The molecule has 0 heterocycles. The Morgan fingerprint density at radius 3 is 2.58 bits per heavy atom. The van der Waals surface area contributed by atoms with E-state index in [0.29, 0.717) is 17.7 Å². The molecule has 7 heteroatoms. The Labute approximate surface area is 154 Å². The van der Waals surface area contributed by atoms with Gasteiger partial charge in [-0.15, -0.1) is 0 Å². The maximum Gasteiger partial charge on any atom is 0.235 e. The van der Waals surface area contributed by atoms with Gasteiger partial charge in [0.05, 0.1) is 23.5 Å². The highest BCUT2D eigenvalue weighted by Gasteiger charge is 2.59. The van der Waals surface area contributed by atoms with Gasteiger partial charge in [-0.25, -0.2) is 8.42 Å². The fourth-order valence-electron chi connectivity index (χ4n) is 4.06. The lowest BCUT2D eigenvalue weighted by Crippen LogP contribution is -2.68. The highest BCUT2D eigenvalue weighted by Crippen LogP contribution is 2.57. The van der Waals surface area contributed by atoms with Crippen molar-refractivity contribution in [2.24, 2.45) is 5.41 Å². The smallest absolute Gasteiger partial charge is 0.235 e. The van der Waals surface area contributed by atoms with Crippen molar-refractivity contribution >= 4 is 15.7 Å². The molecule has 6 nitrogen and oxygen atoms in total. The number of carbonyl (C=O) groups is 1. The molecular weight excluding hydrogens is 352 g/mol. The number of hydrogen-bond acceptors (Lipinski definition) is 5. The molecule has 1 N–H and O–H groups in total. The van der Waals surface area contributed by atoms with Crippen LogP contribution in [0.5, 0.6) is 0 Å². The van der Waals surface area contributed by atoms with E-state index in [2.05, 4.69) is 5.32 Å². The molecule has 0 unspecified atom stereocenters. The molecule has 0 radical (unpaired) electrons. The Morgan fingerprint density at radius 2 is 2.04 bits per heavy atom. The van der Waals surface area contributed by atoms with Gasteiger partial charge in [0.15, 0.2) is 9.84 Å². The second kappa shape index (κ2) is 7.37. The van der Waals surface area contributed by atoms with Crippen LogP contribution in [0, 0.1) is 16.7 Å². The number of carbonyl (C=O) groups excluding carboxylic acids is 1. The van der Waals surface area contributed by atoms with Crippen LogP contribution in [0.4, 0.5) is 0 Å². The summed E-state index contributed by atoms with van der Waals surface area (Å²) in [7, 11) is -3.56. The Bertz CT molecular complexity index is 807. The summed E-state index contributed by atoms with van der Waals surface area (Å²) in [6.45, 7) is 2.63. The van der Waals surface area contributed by atoms with Crippen molar-refractivity contribution in [3.8, 4) is 6.07 Å². The predicted molar refractivity (Wildman–Crippen MR) is 96.9 cm³/mol. The van der Waals surface area contributed by atoms with Gasteiger partial charge in [-0.3, -0.25) is 4.79 Å². The summed E-state index contributed by atoms with van der Waals surface area (Å²) >= 11 is 0. The average Bonchev–Trinajstić information content (AvgIpc) is 2.52. The summed E-state index contributed by atoms with van der Waals surface area (Å²) in [5.41, 5.74) is 1.07. The molecule has 1 aromatic rings. The summed E-state index contributed by atoms with van der Waals surface area (Å²) in [4.78, 5) is 12.3. The molecule has 0 aliphatic heterocycles. The van der Waals surface area contributed by atoms with Crippen molar-refractivity contribution in [1.29, 1.82) is 5.26 Å². The molecule has 1 spiro atoms. The van der Waals surface area contributed by atoms with E-state index in [4.69, 9.17) is 10.00 Å². The summed E-state index contributed by atoms with van der Waals surface area (Å²) in [6.07, 6.45) is 4.13. The van der Waals surface area contributed by atoms with Crippen LogP contribution in [0.15, 0.2) is 24.3 Å². The molecule has 1 amide bonds. The first-order valence-corrected chi connectivity index (χ1v) is 10.8. The molecule has 3 rings (SSSR count). The van der Waals surface area contributed by atoms with Crippen molar-refractivity contribution in [3.63, 3.8) is 0 Å². The topological polar surface area (TPSA) is 96.3 Å². The van der Waals surface area contributed by atoms with E-state index in [-0.39, 0.29) is 23.3 Å². The molecule has 2 aliphatic rings. The van der Waals surface area contributed by atoms with Gasteiger partial charge in [0.2, 0.25) is 5.91 Å². The second-order valence-electron chi connectivity index (χ2n) is 7.23. The summed E-state index contributed by atoms with van der Waals surface area (Å²) < 4.78 is 30.4. The zero-order valence-electron chi connectivity index (χ0n) is 14.9. The van der Waals surface area contributed by atoms with E-state index in [0.717, 1.165) is 25.7 Å². The Hall–Kier alpha value is -1.91. The van der Waals surface area contributed by atoms with E-state index in [1.54, 1.807) is 24.3 Å². The standard InChI is InChI=1S/C19H24N2O4S/c1-2-25-17-10-16(19(17)8-3-9-19)21-18(22)13-26(23,24)12-15-6-4-14(11-20)5-7-15/h4-7,16-17H,2-3,8-10,12-13H2,1H3,(H,21,22)/t16-,17+/m0/s1. The number of benzene rings is 1. The zero-order valence-corrected chi connectivity index (χ0v) is 15.7. The van der Waals surface area contributed by atoms with Gasteiger partial charge < -0.3 is 10.1 Å². The number of nitrogens with one attached hydrogen (secondary N) is 1. The first kappa shape index (κ1) is 18.9. The molecular formula is C19H24N2O4S. The van der Waals surface area contributed by atoms with Crippen molar-refractivity contribution < 1.29 is 17.9 Å². The summed E-state index contributed by atoms with van der Waals surface area (Å²) in [5, 5.41) is 11.7. The number of amides is 1. The van der Waals surface area contributed by atoms with Gasteiger partial charge in [0, 0.05) is 18.1 Å². The van der Waals surface area contributed by atoms with Gasteiger partial charge >= 0.3 is 0 Å². The van der Waals surface area contributed by atoms with E-state index in [9.17, 15) is 13.2 Å². The van der Waals surface area contributed by atoms with Crippen LogP contribution in [0.1, 0.15) is 43.7 Å². The quantitative estimate of drug-likeness (QED) is 0.784. The van der Waals surface area contributed by atoms with Crippen LogP contribution in [-0.2, 0) is 25.1 Å². The second-order valence-corrected chi connectivity index (χ2v) is 9.29. The monoisotopic (exact) mass is 376 g/mol. The number of nitriles is 1. The minimum atomic E-state index is -3.56. The van der Waals surface area contributed by atoms with Gasteiger partial charge in [-0.05, 0) is 43.9 Å². The van der Waals surface area contributed by atoms with E-state index in [1.165, 1.54) is 0 Å². The number of rotatable bonds is 7. The minimum Gasteiger partial charge on any atom is -0.378 e. The van der Waals surface area contributed by atoms with Crippen molar-refractivity contribution in [2.45, 2.75) is 50.5 Å². The number of nitrogens with zero attached hydrogens (tertiary/aromatic N) is 1. The van der Waals surface area contributed by atoms with Crippen molar-refractivity contribution in [2.75, 3.05) is 12.4 Å². The maximum absolute atomic E-state index is 12.3. The molecule has 140 valence electrons. The average molecular weight is 376 g/mol. The molecule has 1 aromatic carbocycles. The molecule has 2 aliphatic carbocycles. The minimum absolute atomic E-state index is 0.0164. The van der Waals surface area contributed by atoms with Crippen molar-refractivity contribution in [1.82, 2.24) is 5.32 Å². The lowest BCUT2D eigenvalue weighted by Gasteiger charge is -2.61. The number of ether oxygens (including phenoxy) is 1. The van der Waals surface area contributed by atoms with Crippen LogP contribution < -0.4 is 5.32 Å². The summed E-state index contributed by atoms with van der Waals surface area (Å²) in [5.74, 6) is -1.16. The van der Waals surface area contributed by atoms with Gasteiger partial charge in [0.1, 0.15) is 5.75 Å². The van der Waals surface area contributed by atoms with E-state index < -0.39 is 21.5 Å². The normalized spacial score (nSPS) is 23.5. The number of hydrogen-bond donors (Lipinski definition) is 1. The third-order valence-corrected chi connectivity index (χ3v) is 7.07. The van der Waals surface area contributed by atoms with Gasteiger partial charge in [-0.2, -0.15) is 5.26 Å². The fourth-order valence-corrected chi connectivity index (χ4v) is 5.34. The van der Waals surface area contributed by atoms with Crippen LogP contribution in [0.25, 0.3) is 0 Å². The SMILES string of the molecule is CCO[C@@H]1C[C@H](NC(=O)CS(=O)(=O)Cc2ccc(C#N)cc2)C12CCC2. The molecule has 2 fully saturated rings. The van der Waals surface area contributed by atoms with Crippen LogP contribution in [-0.4, -0.2) is 38.8 Å². The Morgan fingerprint density at radius 1 is 1.35 bits per heavy atom. The number of sulfone groups is 1. The third kappa shape index (κ3) is 3.76. The summed E-state index contributed by atoms with van der Waals surface area (Å²) in [6, 6.07) is 8.38. The van der Waals surface area contributed by atoms with E-state index in [1.807, 2.05) is 13.0 Å². The lowest BCUT2D eigenvalue weighted by atomic mass is 9.51. The van der Waals surface area contributed by atoms with Crippen LogP contribution in [0.2, 0.25) is 0 Å². The zero-order chi connectivity index (χ0) is 18.8. The van der Waals surface area contributed by atoms with Gasteiger partial charge in [0.25, 0.3) is 0 Å².